The van der Waals surface area contributed by atoms with Gasteiger partial charge in [0.1, 0.15) is 0 Å². The van der Waals surface area contributed by atoms with Crippen molar-refractivity contribution in [3.8, 4) is 0 Å². The molecule has 1 aliphatic heterocycles. The normalized spacial score (nSPS) is 20.2. The maximum absolute atomic E-state index is 3.62. The molecule has 1 aromatic carbocycles. The summed E-state index contributed by atoms with van der Waals surface area (Å²) in [6.07, 6.45) is 3.96. The second kappa shape index (κ2) is 6.06. The average Bonchev–Trinajstić information content (AvgIpc) is 2.42. The maximum atomic E-state index is 3.62. The lowest BCUT2D eigenvalue weighted by Gasteiger charge is -2.26. The maximum Gasteiger partial charge on any atom is 0.0369 e. The zero-order valence-corrected chi connectivity index (χ0v) is 11.1. The van der Waals surface area contributed by atoms with E-state index in [0.29, 0.717) is 6.04 Å². The van der Waals surface area contributed by atoms with Gasteiger partial charge in [0.2, 0.25) is 0 Å². The molecule has 1 atom stereocenters. The molecule has 0 bridgehead atoms. The Bertz CT molecular complexity index is 339. The lowest BCUT2D eigenvalue weighted by Crippen LogP contribution is -2.27. The van der Waals surface area contributed by atoms with Gasteiger partial charge in [-0.05, 0) is 50.9 Å². The van der Waals surface area contributed by atoms with Gasteiger partial charge in [0.15, 0.2) is 0 Å². The standard InChI is InChI=1S/C15H24N2/c1-3-17(4-2)14-9-7-8-13(12-14)15-10-5-6-11-16-15/h7-9,12,15-16H,3-6,10-11H2,1-2H3. The van der Waals surface area contributed by atoms with E-state index >= 15 is 0 Å². The molecule has 0 radical (unpaired) electrons. The van der Waals surface area contributed by atoms with Crippen LogP contribution in [-0.4, -0.2) is 19.6 Å². The molecular weight excluding hydrogens is 208 g/mol. The van der Waals surface area contributed by atoms with Gasteiger partial charge in [-0.3, -0.25) is 0 Å². The first-order valence-corrected chi connectivity index (χ1v) is 6.93. The minimum atomic E-state index is 0.569. The van der Waals surface area contributed by atoms with Crippen LogP contribution in [0.4, 0.5) is 5.69 Å². The summed E-state index contributed by atoms with van der Waals surface area (Å²) in [5, 5.41) is 3.62. The minimum Gasteiger partial charge on any atom is -0.372 e. The van der Waals surface area contributed by atoms with E-state index in [0.717, 1.165) is 13.1 Å². The Kier molecular flexibility index (Phi) is 4.43. The van der Waals surface area contributed by atoms with Crippen molar-refractivity contribution in [2.45, 2.75) is 39.2 Å². The average molecular weight is 232 g/mol. The lowest BCUT2D eigenvalue weighted by molar-refractivity contribution is 0.412. The molecule has 0 aromatic heterocycles. The third-order valence-electron chi connectivity index (χ3n) is 3.71. The number of hydrogen-bond donors (Lipinski definition) is 1. The Labute approximate surface area is 105 Å². The van der Waals surface area contributed by atoms with Crippen LogP contribution in [0, 0.1) is 0 Å². The molecular formula is C15H24N2. The van der Waals surface area contributed by atoms with Gasteiger partial charge in [-0.25, -0.2) is 0 Å². The summed E-state index contributed by atoms with van der Waals surface area (Å²) in [5.74, 6) is 0. The Morgan fingerprint density at radius 2 is 2.06 bits per heavy atom. The predicted octanol–water partition coefficient (Wildman–Crippen LogP) is 3.35. The van der Waals surface area contributed by atoms with E-state index in [2.05, 4.69) is 48.3 Å². The summed E-state index contributed by atoms with van der Waals surface area (Å²) < 4.78 is 0. The molecule has 1 aromatic rings. The van der Waals surface area contributed by atoms with Crippen LogP contribution in [0.15, 0.2) is 24.3 Å². The number of nitrogens with one attached hydrogen (secondary N) is 1. The van der Waals surface area contributed by atoms with Gasteiger partial charge in [0.25, 0.3) is 0 Å². The summed E-state index contributed by atoms with van der Waals surface area (Å²) in [4.78, 5) is 2.41. The van der Waals surface area contributed by atoms with Gasteiger partial charge in [-0.2, -0.15) is 0 Å². The lowest BCUT2D eigenvalue weighted by atomic mass is 9.97. The molecule has 94 valence electrons. The molecule has 2 heteroatoms. The van der Waals surface area contributed by atoms with Crippen LogP contribution in [-0.2, 0) is 0 Å². The van der Waals surface area contributed by atoms with E-state index < -0.39 is 0 Å². The Balaban J connectivity index is 2.15. The van der Waals surface area contributed by atoms with Crippen LogP contribution in [0.1, 0.15) is 44.7 Å². The second-order valence-electron chi connectivity index (χ2n) is 4.77. The van der Waals surface area contributed by atoms with Gasteiger partial charge < -0.3 is 10.2 Å². The van der Waals surface area contributed by atoms with E-state index in [4.69, 9.17) is 0 Å². The molecule has 0 amide bonds. The van der Waals surface area contributed by atoms with Gasteiger partial charge >= 0.3 is 0 Å². The number of piperidine rings is 1. The van der Waals surface area contributed by atoms with E-state index in [9.17, 15) is 0 Å². The molecule has 1 heterocycles. The van der Waals surface area contributed by atoms with E-state index in [1.165, 1.54) is 37.1 Å². The SMILES string of the molecule is CCN(CC)c1cccc(C2CCCCN2)c1. The van der Waals surface area contributed by atoms with Gasteiger partial charge in [-0.1, -0.05) is 18.6 Å². The van der Waals surface area contributed by atoms with Crippen molar-refractivity contribution in [3.05, 3.63) is 29.8 Å². The van der Waals surface area contributed by atoms with Gasteiger partial charge in [-0.15, -0.1) is 0 Å². The van der Waals surface area contributed by atoms with Crippen LogP contribution >= 0.6 is 0 Å². The minimum absolute atomic E-state index is 0.569. The third kappa shape index (κ3) is 3.01. The summed E-state index contributed by atoms with van der Waals surface area (Å²) in [5.41, 5.74) is 2.81. The molecule has 0 saturated carbocycles. The van der Waals surface area contributed by atoms with Gasteiger partial charge in [0, 0.05) is 24.8 Å². The quantitative estimate of drug-likeness (QED) is 0.856. The number of nitrogens with zero attached hydrogens (tertiary/aromatic N) is 1. The molecule has 1 saturated heterocycles. The monoisotopic (exact) mass is 232 g/mol. The van der Waals surface area contributed by atoms with Crippen molar-refractivity contribution in [2.75, 3.05) is 24.5 Å². The van der Waals surface area contributed by atoms with Crippen LogP contribution in [0.25, 0.3) is 0 Å². The first-order valence-electron chi connectivity index (χ1n) is 6.93. The molecule has 2 nitrogen and oxygen atoms in total. The van der Waals surface area contributed by atoms with Crippen LogP contribution in [0.2, 0.25) is 0 Å². The molecule has 1 N–H and O–H groups in total. The first kappa shape index (κ1) is 12.4. The van der Waals surface area contributed by atoms with Crippen LogP contribution < -0.4 is 10.2 Å². The number of rotatable bonds is 4. The zero-order valence-electron chi connectivity index (χ0n) is 11.1. The summed E-state index contributed by atoms with van der Waals surface area (Å²) in [6, 6.07) is 9.60. The van der Waals surface area contributed by atoms with Crippen molar-refractivity contribution in [1.29, 1.82) is 0 Å². The fourth-order valence-electron chi connectivity index (χ4n) is 2.66. The highest BCUT2D eigenvalue weighted by Crippen LogP contribution is 2.26. The Morgan fingerprint density at radius 3 is 2.71 bits per heavy atom. The summed E-state index contributed by atoms with van der Waals surface area (Å²) in [6.45, 7) is 7.76. The van der Waals surface area contributed by atoms with E-state index in [-0.39, 0.29) is 0 Å². The van der Waals surface area contributed by atoms with Crippen molar-refractivity contribution in [3.63, 3.8) is 0 Å². The topological polar surface area (TPSA) is 15.3 Å². The molecule has 1 unspecified atom stereocenters. The largest absolute Gasteiger partial charge is 0.372 e. The Hall–Kier alpha value is -1.02. The third-order valence-corrected chi connectivity index (χ3v) is 3.71. The predicted molar refractivity (Wildman–Crippen MR) is 74.6 cm³/mol. The highest BCUT2D eigenvalue weighted by atomic mass is 15.1. The molecule has 0 spiro atoms. The highest BCUT2D eigenvalue weighted by molar-refractivity contribution is 5.49. The Morgan fingerprint density at radius 1 is 1.24 bits per heavy atom. The van der Waals surface area contributed by atoms with Gasteiger partial charge in [0.05, 0.1) is 0 Å². The van der Waals surface area contributed by atoms with Crippen molar-refractivity contribution in [1.82, 2.24) is 5.32 Å². The zero-order chi connectivity index (χ0) is 12.1. The van der Waals surface area contributed by atoms with Crippen molar-refractivity contribution >= 4 is 5.69 Å². The highest BCUT2D eigenvalue weighted by Gasteiger charge is 2.15. The van der Waals surface area contributed by atoms with Crippen molar-refractivity contribution < 1.29 is 0 Å². The fourth-order valence-corrected chi connectivity index (χ4v) is 2.66. The summed E-state index contributed by atoms with van der Waals surface area (Å²) >= 11 is 0. The number of anilines is 1. The van der Waals surface area contributed by atoms with E-state index in [1.54, 1.807) is 0 Å². The fraction of sp³-hybridized carbons (Fsp3) is 0.600. The molecule has 17 heavy (non-hydrogen) atoms. The molecule has 1 aliphatic rings. The van der Waals surface area contributed by atoms with Crippen molar-refractivity contribution in [2.24, 2.45) is 0 Å². The van der Waals surface area contributed by atoms with Crippen LogP contribution in [0.5, 0.6) is 0 Å². The smallest absolute Gasteiger partial charge is 0.0369 e. The molecule has 1 fully saturated rings. The molecule has 2 rings (SSSR count). The summed E-state index contributed by atoms with van der Waals surface area (Å²) in [7, 11) is 0. The van der Waals surface area contributed by atoms with Crippen LogP contribution in [0.3, 0.4) is 0 Å². The number of hydrogen-bond acceptors (Lipinski definition) is 2. The number of benzene rings is 1. The molecule has 0 aliphatic carbocycles. The van der Waals surface area contributed by atoms with E-state index in [1.807, 2.05) is 0 Å². The second-order valence-corrected chi connectivity index (χ2v) is 4.77. The first-order chi connectivity index (χ1) is 8.35.